The maximum absolute atomic E-state index is 12.0. The Hall–Kier alpha value is -3.15. The van der Waals surface area contributed by atoms with Gasteiger partial charge in [-0.3, -0.25) is 4.79 Å². The maximum atomic E-state index is 12.0. The molecule has 0 atom stereocenters. The van der Waals surface area contributed by atoms with E-state index in [-0.39, 0.29) is 12.3 Å². The van der Waals surface area contributed by atoms with Gasteiger partial charge in [0, 0.05) is 24.1 Å². The summed E-state index contributed by atoms with van der Waals surface area (Å²) in [5, 5.41) is 2.77. The van der Waals surface area contributed by atoms with Crippen LogP contribution in [0.15, 0.2) is 53.1 Å². The summed E-state index contributed by atoms with van der Waals surface area (Å²) in [6, 6.07) is 13.0. The number of nitrogens with zero attached hydrogens (tertiary/aromatic N) is 2. The Morgan fingerprint density at radius 2 is 2.00 bits per heavy atom. The average Bonchev–Trinajstić information content (AvgIpc) is 3.09. The molecule has 0 aliphatic rings. The minimum atomic E-state index is -0.123. The lowest BCUT2D eigenvalue weighted by molar-refractivity contribution is -0.116. The Bertz CT molecular complexity index is 856. The summed E-state index contributed by atoms with van der Waals surface area (Å²) in [5.41, 5.74) is 1.77. The average molecular weight is 337 g/mol. The topological polar surface area (TPSA) is 77.2 Å². The second-order valence-corrected chi connectivity index (χ2v) is 5.56. The number of aryl methyl sites for hydroxylation is 2. The third-order valence-electron chi connectivity index (χ3n) is 3.65. The molecule has 3 rings (SSSR count). The predicted octanol–water partition coefficient (Wildman–Crippen LogP) is 3.62. The number of aromatic nitrogens is 2. The van der Waals surface area contributed by atoms with Crippen LogP contribution in [0.3, 0.4) is 0 Å². The van der Waals surface area contributed by atoms with Crippen molar-refractivity contribution in [3.8, 4) is 17.1 Å². The van der Waals surface area contributed by atoms with Crippen LogP contribution < -0.4 is 10.1 Å². The van der Waals surface area contributed by atoms with E-state index in [4.69, 9.17) is 9.15 Å². The van der Waals surface area contributed by atoms with Gasteiger partial charge in [0.2, 0.25) is 5.91 Å². The van der Waals surface area contributed by atoms with Crippen molar-refractivity contribution in [2.24, 2.45) is 0 Å². The largest absolute Gasteiger partial charge is 0.497 e. The molecule has 3 aromatic rings. The van der Waals surface area contributed by atoms with E-state index < -0.39 is 0 Å². The van der Waals surface area contributed by atoms with E-state index in [2.05, 4.69) is 15.3 Å². The van der Waals surface area contributed by atoms with Crippen molar-refractivity contribution in [3.63, 3.8) is 0 Å². The first-order valence-electron chi connectivity index (χ1n) is 7.96. The van der Waals surface area contributed by atoms with Gasteiger partial charge < -0.3 is 14.5 Å². The first-order valence-corrected chi connectivity index (χ1v) is 7.96. The van der Waals surface area contributed by atoms with Crippen molar-refractivity contribution >= 4 is 11.7 Å². The molecular formula is C19H19N3O3. The summed E-state index contributed by atoms with van der Waals surface area (Å²) < 4.78 is 10.9. The number of nitrogens with one attached hydrogen (secondary N) is 1. The van der Waals surface area contributed by atoms with Crippen LogP contribution >= 0.6 is 0 Å². The number of rotatable bonds is 6. The maximum Gasteiger partial charge on any atom is 0.226 e. The summed E-state index contributed by atoms with van der Waals surface area (Å²) in [5.74, 6) is 2.40. The van der Waals surface area contributed by atoms with Crippen molar-refractivity contribution < 1.29 is 13.9 Å². The molecule has 6 nitrogen and oxygen atoms in total. The number of pyridine rings is 1. The Morgan fingerprint density at radius 3 is 2.72 bits per heavy atom. The number of anilines is 1. The summed E-state index contributed by atoms with van der Waals surface area (Å²) in [6.45, 7) is 1.88. The minimum Gasteiger partial charge on any atom is -0.497 e. The molecular weight excluding hydrogens is 318 g/mol. The number of ether oxygens (including phenoxy) is 1. The molecule has 0 saturated carbocycles. The highest BCUT2D eigenvalue weighted by Crippen LogP contribution is 2.23. The van der Waals surface area contributed by atoms with Gasteiger partial charge in [-0.15, -0.1) is 0 Å². The van der Waals surface area contributed by atoms with Gasteiger partial charge in [-0.25, -0.2) is 9.97 Å². The van der Waals surface area contributed by atoms with Gasteiger partial charge in [0.05, 0.1) is 13.3 Å². The van der Waals surface area contributed by atoms with Crippen LogP contribution in [0.2, 0.25) is 0 Å². The van der Waals surface area contributed by atoms with E-state index in [1.54, 1.807) is 19.4 Å². The van der Waals surface area contributed by atoms with Gasteiger partial charge >= 0.3 is 0 Å². The molecule has 0 bridgehead atoms. The van der Waals surface area contributed by atoms with Gasteiger partial charge in [-0.1, -0.05) is 6.07 Å². The smallest absolute Gasteiger partial charge is 0.226 e. The second-order valence-electron chi connectivity index (χ2n) is 5.56. The summed E-state index contributed by atoms with van der Waals surface area (Å²) in [6.07, 6.45) is 2.36. The molecule has 1 N–H and O–H groups in total. The number of methoxy groups -OCH3 is 1. The van der Waals surface area contributed by atoms with Crippen LogP contribution in [-0.2, 0) is 11.2 Å². The fraction of sp³-hybridized carbons (Fsp3) is 0.211. The Balaban J connectivity index is 1.56. The summed E-state index contributed by atoms with van der Waals surface area (Å²) in [7, 11) is 1.62. The van der Waals surface area contributed by atoms with Crippen molar-refractivity contribution in [2.75, 3.05) is 12.4 Å². The van der Waals surface area contributed by atoms with Crippen molar-refractivity contribution in [3.05, 3.63) is 60.2 Å². The van der Waals surface area contributed by atoms with Crippen molar-refractivity contribution in [1.29, 1.82) is 0 Å². The first kappa shape index (κ1) is 16.7. The number of benzene rings is 1. The standard InChI is InChI=1S/C19H19N3O3/c1-13-4-3-5-17(21-13)22-18(23)10-11-19-20-12-16(25-19)14-6-8-15(24-2)9-7-14/h3-9,12H,10-11H2,1-2H3,(H,21,22,23). The number of carbonyl (C=O) groups excluding carboxylic acids is 1. The van der Waals surface area contributed by atoms with E-state index in [1.807, 2.05) is 43.3 Å². The van der Waals surface area contributed by atoms with E-state index in [9.17, 15) is 4.79 Å². The Labute approximate surface area is 145 Å². The minimum absolute atomic E-state index is 0.123. The van der Waals surface area contributed by atoms with E-state index in [0.717, 1.165) is 17.0 Å². The number of carbonyl (C=O) groups is 1. The van der Waals surface area contributed by atoms with Crippen LogP contribution in [0.25, 0.3) is 11.3 Å². The number of oxazole rings is 1. The highest BCUT2D eigenvalue weighted by Gasteiger charge is 2.10. The molecule has 0 fully saturated rings. The van der Waals surface area contributed by atoms with Crippen molar-refractivity contribution in [2.45, 2.75) is 19.8 Å². The lowest BCUT2D eigenvalue weighted by atomic mass is 10.2. The molecule has 0 radical (unpaired) electrons. The van der Waals surface area contributed by atoms with Crippen molar-refractivity contribution in [1.82, 2.24) is 9.97 Å². The highest BCUT2D eigenvalue weighted by molar-refractivity contribution is 5.89. The summed E-state index contributed by atoms with van der Waals surface area (Å²) in [4.78, 5) is 20.5. The molecule has 6 heteroatoms. The lowest BCUT2D eigenvalue weighted by Crippen LogP contribution is -2.13. The Morgan fingerprint density at radius 1 is 1.20 bits per heavy atom. The zero-order valence-electron chi connectivity index (χ0n) is 14.2. The zero-order valence-corrected chi connectivity index (χ0v) is 14.2. The third kappa shape index (κ3) is 4.44. The molecule has 0 aliphatic carbocycles. The van der Waals surface area contributed by atoms with Crippen LogP contribution in [0, 0.1) is 6.92 Å². The first-order chi connectivity index (χ1) is 12.1. The fourth-order valence-electron chi connectivity index (χ4n) is 2.35. The van der Waals surface area contributed by atoms with Crippen LogP contribution in [0.1, 0.15) is 18.0 Å². The molecule has 1 amide bonds. The van der Waals surface area contributed by atoms with Crippen LogP contribution in [-0.4, -0.2) is 23.0 Å². The molecule has 0 spiro atoms. The van der Waals surface area contributed by atoms with Gasteiger partial charge in [-0.05, 0) is 43.3 Å². The zero-order chi connectivity index (χ0) is 17.6. The predicted molar refractivity (Wildman–Crippen MR) is 94.4 cm³/mol. The van der Waals surface area contributed by atoms with E-state index >= 15 is 0 Å². The Kier molecular flexibility index (Phi) is 5.09. The molecule has 2 aromatic heterocycles. The SMILES string of the molecule is COc1ccc(-c2cnc(CCC(=O)Nc3cccc(C)n3)o2)cc1. The molecule has 0 saturated heterocycles. The van der Waals surface area contributed by atoms with Gasteiger partial charge in [0.15, 0.2) is 11.7 Å². The third-order valence-corrected chi connectivity index (χ3v) is 3.65. The molecule has 0 unspecified atom stereocenters. The highest BCUT2D eigenvalue weighted by atomic mass is 16.5. The molecule has 25 heavy (non-hydrogen) atoms. The second kappa shape index (κ2) is 7.61. The molecule has 0 aliphatic heterocycles. The molecule has 2 heterocycles. The van der Waals surface area contributed by atoms with E-state index in [1.165, 1.54) is 0 Å². The fourth-order valence-corrected chi connectivity index (χ4v) is 2.35. The number of hydrogen-bond donors (Lipinski definition) is 1. The normalized spacial score (nSPS) is 10.5. The monoisotopic (exact) mass is 337 g/mol. The quantitative estimate of drug-likeness (QED) is 0.743. The summed E-state index contributed by atoms with van der Waals surface area (Å²) >= 11 is 0. The number of hydrogen-bond acceptors (Lipinski definition) is 5. The van der Waals surface area contributed by atoms with Gasteiger partial charge in [0.1, 0.15) is 11.6 Å². The molecule has 128 valence electrons. The van der Waals surface area contributed by atoms with Crippen LogP contribution in [0.4, 0.5) is 5.82 Å². The van der Waals surface area contributed by atoms with E-state index in [0.29, 0.717) is 23.9 Å². The molecule has 1 aromatic carbocycles. The lowest BCUT2D eigenvalue weighted by Gasteiger charge is -2.04. The van der Waals surface area contributed by atoms with Gasteiger partial charge in [-0.2, -0.15) is 0 Å². The van der Waals surface area contributed by atoms with Crippen LogP contribution in [0.5, 0.6) is 5.75 Å². The van der Waals surface area contributed by atoms with Gasteiger partial charge in [0.25, 0.3) is 0 Å². The number of amides is 1.